The number of aromatic nitrogens is 4. The summed E-state index contributed by atoms with van der Waals surface area (Å²) in [6.07, 6.45) is 0.501. The normalized spacial score (nSPS) is 12.7. The van der Waals surface area contributed by atoms with E-state index >= 15 is 0 Å². The van der Waals surface area contributed by atoms with E-state index in [1.165, 1.54) is 4.80 Å². The Balaban J connectivity index is 2.22. The highest BCUT2D eigenvalue weighted by atomic mass is 35.5. The molecule has 2 rings (SSSR count). The summed E-state index contributed by atoms with van der Waals surface area (Å²) < 4.78 is 0. The third-order valence-corrected chi connectivity index (χ3v) is 2.86. The standard InChI is InChI=1S/C10H12Cl2N6/c1-18-16-10(15-17-18)5-9(14-13)6-2-7(11)4-8(12)3-6/h2-4,9,14H,5,13H2,1H3. The van der Waals surface area contributed by atoms with Crippen molar-refractivity contribution < 1.29 is 0 Å². The molecule has 0 aliphatic heterocycles. The molecule has 0 amide bonds. The zero-order chi connectivity index (χ0) is 13.1. The van der Waals surface area contributed by atoms with Gasteiger partial charge in [0, 0.05) is 16.5 Å². The molecule has 0 saturated carbocycles. The number of nitrogens with two attached hydrogens (primary N) is 1. The number of tetrazole rings is 1. The van der Waals surface area contributed by atoms with E-state index in [2.05, 4.69) is 20.8 Å². The molecule has 3 N–H and O–H groups in total. The van der Waals surface area contributed by atoms with E-state index in [1.807, 2.05) is 0 Å². The van der Waals surface area contributed by atoms with Gasteiger partial charge in [0.25, 0.3) is 0 Å². The largest absolute Gasteiger partial charge is 0.271 e. The average Bonchev–Trinajstić information content (AvgIpc) is 2.70. The molecule has 18 heavy (non-hydrogen) atoms. The number of halogens is 2. The van der Waals surface area contributed by atoms with Crippen LogP contribution in [0.2, 0.25) is 10.0 Å². The molecule has 1 atom stereocenters. The van der Waals surface area contributed by atoms with E-state index in [4.69, 9.17) is 29.0 Å². The average molecular weight is 287 g/mol. The quantitative estimate of drug-likeness (QED) is 0.653. The molecule has 6 nitrogen and oxygen atoms in total. The molecule has 0 aliphatic rings. The number of hydrogen-bond donors (Lipinski definition) is 2. The van der Waals surface area contributed by atoms with Crippen LogP contribution in [0.15, 0.2) is 18.2 Å². The first kappa shape index (κ1) is 13.2. The fourth-order valence-corrected chi connectivity index (χ4v) is 2.18. The van der Waals surface area contributed by atoms with E-state index in [0.717, 1.165) is 5.56 Å². The van der Waals surface area contributed by atoms with Crippen molar-refractivity contribution in [1.29, 1.82) is 0 Å². The van der Waals surface area contributed by atoms with Crippen LogP contribution in [0.3, 0.4) is 0 Å². The van der Waals surface area contributed by atoms with Crippen molar-refractivity contribution in [2.75, 3.05) is 0 Å². The summed E-state index contributed by atoms with van der Waals surface area (Å²) in [4.78, 5) is 1.40. The molecule has 0 saturated heterocycles. The molecule has 1 aromatic heterocycles. The van der Waals surface area contributed by atoms with Crippen LogP contribution in [0, 0.1) is 0 Å². The van der Waals surface area contributed by atoms with E-state index in [1.54, 1.807) is 25.2 Å². The highest BCUT2D eigenvalue weighted by molar-refractivity contribution is 6.34. The van der Waals surface area contributed by atoms with Gasteiger partial charge < -0.3 is 0 Å². The van der Waals surface area contributed by atoms with E-state index in [-0.39, 0.29) is 6.04 Å². The summed E-state index contributed by atoms with van der Waals surface area (Å²) >= 11 is 11.9. The Bertz CT molecular complexity index is 521. The smallest absolute Gasteiger partial charge is 0.176 e. The van der Waals surface area contributed by atoms with Crippen LogP contribution in [-0.2, 0) is 13.5 Å². The minimum Gasteiger partial charge on any atom is -0.271 e. The summed E-state index contributed by atoms with van der Waals surface area (Å²) in [5.74, 6) is 6.13. The van der Waals surface area contributed by atoms with Crippen LogP contribution in [0.5, 0.6) is 0 Å². The first-order chi connectivity index (χ1) is 8.58. The second-order valence-electron chi connectivity index (χ2n) is 3.82. The molecule has 1 unspecified atom stereocenters. The lowest BCUT2D eigenvalue weighted by Crippen LogP contribution is -2.30. The summed E-state index contributed by atoms with van der Waals surface area (Å²) in [6.45, 7) is 0. The molecule has 1 aromatic carbocycles. The lowest BCUT2D eigenvalue weighted by atomic mass is 10.0. The van der Waals surface area contributed by atoms with Crippen LogP contribution >= 0.6 is 23.2 Å². The van der Waals surface area contributed by atoms with Crippen molar-refractivity contribution in [3.8, 4) is 0 Å². The van der Waals surface area contributed by atoms with Crippen molar-refractivity contribution in [2.45, 2.75) is 12.5 Å². The van der Waals surface area contributed by atoms with Gasteiger partial charge in [-0.25, -0.2) is 0 Å². The highest BCUT2D eigenvalue weighted by Crippen LogP contribution is 2.24. The predicted molar refractivity (Wildman–Crippen MR) is 69.0 cm³/mol. The van der Waals surface area contributed by atoms with Gasteiger partial charge in [0.2, 0.25) is 0 Å². The third kappa shape index (κ3) is 3.17. The van der Waals surface area contributed by atoms with Crippen molar-refractivity contribution >= 4 is 23.2 Å². The molecule has 1 heterocycles. The Hall–Kier alpha value is -1.21. The maximum Gasteiger partial charge on any atom is 0.176 e. The van der Waals surface area contributed by atoms with E-state index in [0.29, 0.717) is 22.3 Å². The molecule has 0 aliphatic carbocycles. The predicted octanol–water partition coefficient (Wildman–Crippen LogP) is 1.26. The first-order valence-electron chi connectivity index (χ1n) is 5.23. The van der Waals surface area contributed by atoms with Gasteiger partial charge in [-0.15, -0.1) is 10.2 Å². The minimum atomic E-state index is -0.176. The van der Waals surface area contributed by atoms with Gasteiger partial charge in [0.05, 0.1) is 13.1 Å². The molecular formula is C10H12Cl2N6. The van der Waals surface area contributed by atoms with E-state index in [9.17, 15) is 0 Å². The molecule has 96 valence electrons. The number of benzene rings is 1. The van der Waals surface area contributed by atoms with Crippen molar-refractivity contribution in [1.82, 2.24) is 25.6 Å². The Morgan fingerprint density at radius 3 is 2.50 bits per heavy atom. The van der Waals surface area contributed by atoms with Crippen LogP contribution in [0.4, 0.5) is 0 Å². The summed E-state index contributed by atoms with van der Waals surface area (Å²) in [5.41, 5.74) is 3.57. The molecule has 0 bridgehead atoms. The van der Waals surface area contributed by atoms with E-state index < -0.39 is 0 Å². The van der Waals surface area contributed by atoms with Gasteiger partial charge in [-0.2, -0.15) is 4.80 Å². The maximum atomic E-state index is 5.96. The summed E-state index contributed by atoms with van der Waals surface area (Å²) in [6, 6.07) is 5.09. The van der Waals surface area contributed by atoms with Crippen LogP contribution in [0.1, 0.15) is 17.4 Å². The number of nitrogens with zero attached hydrogens (tertiary/aromatic N) is 4. The van der Waals surface area contributed by atoms with Crippen molar-refractivity contribution in [3.05, 3.63) is 39.6 Å². The van der Waals surface area contributed by atoms with Crippen molar-refractivity contribution in [3.63, 3.8) is 0 Å². The van der Waals surface area contributed by atoms with Gasteiger partial charge in [-0.1, -0.05) is 23.2 Å². The summed E-state index contributed by atoms with van der Waals surface area (Å²) in [7, 11) is 1.71. The molecule has 0 spiro atoms. The second-order valence-corrected chi connectivity index (χ2v) is 4.69. The Morgan fingerprint density at radius 1 is 1.33 bits per heavy atom. The zero-order valence-electron chi connectivity index (χ0n) is 9.64. The van der Waals surface area contributed by atoms with Gasteiger partial charge in [0.1, 0.15) is 0 Å². The molecular weight excluding hydrogens is 275 g/mol. The number of hydrazine groups is 1. The van der Waals surface area contributed by atoms with Crippen LogP contribution < -0.4 is 11.3 Å². The van der Waals surface area contributed by atoms with Gasteiger partial charge in [0.15, 0.2) is 5.82 Å². The third-order valence-electron chi connectivity index (χ3n) is 2.42. The number of hydrogen-bond acceptors (Lipinski definition) is 5. The summed E-state index contributed by atoms with van der Waals surface area (Å²) in [5, 5.41) is 12.9. The monoisotopic (exact) mass is 286 g/mol. The Kier molecular flexibility index (Phi) is 4.13. The van der Waals surface area contributed by atoms with Gasteiger partial charge >= 0.3 is 0 Å². The van der Waals surface area contributed by atoms with Gasteiger partial charge in [-0.05, 0) is 29.0 Å². The SMILES string of the molecule is Cn1nnc(CC(NN)c2cc(Cl)cc(Cl)c2)n1. The Labute approximate surface area is 114 Å². The molecule has 0 radical (unpaired) electrons. The van der Waals surface area contributed by atoms with Crippen LogP contribution in [0.25, 0.3) is 0 Å². The first-order valence-corrected chi connectivity index (χ1v) is 5.99. The second kappa shape index (κ2) is 5.62. The highest BCUT2D eigenvalue weighted by Gasteiger charge is 2.15. The van der Waals surface area contributed by atoms with Gasteiger partial charge in [-0.3, -0.25) is 11.3 Å². The van der Waals surface area contributed by atoms with Crippen molar-refractivity contribution in [2.24, 2.45) is 12.9 Å². The molecule has 8 heteroatoms. The number of rotatable bonds is 4. The number of nitrogens with one attached hydrogen (secondary N) is 1. The van der Waals surface area contributed by atoms with Crippen LogP contribution in [-0.4, -0.2) is 20.2 Å². The molecule has 0 fully saturated rings. The Morgan fingerprint density at radius 2 is 2.00 bits per heavy atom. The topological polar surface area (TPSA) is 81.7 Å². The lowest BCUT2D eigenvalue weighted by molar-refractivity contribution is 0.536. The fraction of sp³-hybridized carbons (Fsp3) is 0.300. The molecule has 2 aromatic rings. The zero-order valence-corrected chi connectivity index (χ0v) is 11.2. The number of aryl methyl sites for hydroxylation is 1. The fourth-order valence-electron chi connectivity index (χ4n) is 1.64. The maximum absolute atomic E-state index is 5.96. The minimum absolute atomic E-state index is 0.176. The lowest BCUT2D eigenvalue weighted by Gasteiger charge is -2.15.